The van der Waals surface area contributed by atoms with Crippen LogP contribution in [0.1, 0.15) is 31.9 Å². The topological polar surface area (TPSA) is 49.9 Å². The Morgan fingerprint density at radius 1 is 1.00 bits per heavy atom. The first-order valence-electron chi connectivity index (χ1n) is 8.10. The van der Waals surface area contributed by atoms with Gasteiger partial charge in [0, 0.05) is 37.7 Å². The van der Waals surface area contributed by atoms with Crippen LogP contribution in [-0.4, -0.2) is 53.6 Å². The maximum atomic E-state index is 12.2. The van der Waals surface area contributed by atoms with E-state index in [9.17, 15) is 9.59 Å². The molecule has 1 aromatic rings. The summed E-state index contributed by atoms with van der Waals surface area (Å²) < 4.78 is 5.34. The first kappa shape index (κ1) is 17.9. The number of carbonyl (C=O) groups excluding carboxylic acids is 2. The van der Waals surface area contributed by atoms with Gasteiger partial charge in [-0.3, -0.25) is 4.79 Å². The molecule has 0 saturated carbocycles. The van der Waals surface area contributed by atoms with Crippen molar-refractivity contribution >= 4 is 12.0 Å². The first-order chi connectivity index (χ1) is 11.2. The number of benzene rings is 1. The molecule has 1 heterocycles. The molecule has 1 fully saturated rings. The smallest absolute Gasteiger partial charge is 0.410 e. The Bertz CT molecular complexity index is 655. The Kier molecular flexibility index (Phi) is 5.50. The van der Waals surface area contributed by atoms with E-state index in [1.807, 2.05) is 52.0 Å². The van der Waals surface area contributed by atoms with Gasteiger partial charge in [-0.2, -0.15) is 0 Å². The summed E-state index contributed by atoms with van der Waals surface area (Å²) in [5, 5.41) is 0. The Morgan fingerprint density at radius 2 is 1.54 bits per heavy atom. The highest BCUT2D eigenvalue weighted by Gasteiger charge is 2.27. The fraction of sp³-hybridized carbons (Fsp3) is 0.474. The average molecular weight is 328 g/mol. The summed E-state index contributed by atoms with van der Waals surface area (Å²) in [6.45, 7) is 9.40. The summed E-state index contributed by atoms with van der Waals surface area (Å²) >= 11 is 0. The Balaban J connectivity index is 1.87. The minimum atomic E-state index is -0.510. The molecular formula is C19H24N2O3. The van der Waals surface area contributed by atoms with E-state index in [0.29, 0.717) is 26.2 Å². The summed E-state index contributed by atoms with van der Waals surface area (Å²) in [4.78, 5) is 27.5. The molecule has 0 N–H and O–H groups in total. The molecule has 128 valence electrons. The van der Waals surface area contributed by atoms with E-state index in [0.717, 1.165) is 11.1 Å². The van der Waals surface area contributed by atoms with Gasteiger partial charge in [-0.05, 0) is 39.8 Å². The predicted molar refractivity (Wildman–Crippen MR) is 92.4 cm³/mol. The minimum absolute atomic E-state index is 0.209. The second-order valence-electron chi connectivity index (χ2n) is 6.88. The van der Waals surface area contributed by atoms with Crippen LogP contribution >= 0.6 is 0 Å². The van der Waals surface area contributed by atoms with Crippen molar-refractivity contribution in [1.82, 2.24) is 9.80 Å². The summed E-state index contributed by atoms with van der Waals surface area (Å²) in [5.74, 6) is 5.35. The van der Waals surface area contributed by atoms with E-state index in [2.05, 4.69) is 11.8 Å². The highest BCUT2D eigenvalue weighted by atomic mass is 16.6. The molecule has 1 saturated heterocycles. The fourth-order valence-electron chi connectivity index (χ4n) is 2.26. The second kappa shape index (κ2) is 7.39. The molecule has 24 heavy (non-hydrogen) atoms. The highest BCUT2D eigenvalue weighted by molar-refractivity contribution is 5.94. The summed E-state index contributed by atoms with van der Waals surface area (Å²) in [6.07, 6.45) is -0.333. The molecule has 2 amide bonds. The fourth-order valence-corrected chi connectivity index (χ4v) is 2.26. The normalized spacial score (nSPS) is 14.7. The van der Waals surface area contributed by atoms with Gasteiger partial charge in [0.05, 0.1) is 0 Å². The number of ether oxygens (including phenoxy) is 1. The van der Waals surface area contributed by atoms with Crippen molar-refractivity contribution < 1.29 is 14.3 Å². The molecule has 2 rings (SSSR count). The summed E-state index contributed by atoms with van der Waals surface area (Å²) in [6, 6.07) is 7.73. The van der Waals surface area contributed by atoms with Gasteiger partial charge in [0.1, 0.15) is 5.60 Å². The third-order valence-corrected chi connectivity index (χ3v) is 3.58. The van der Waals surface area contributed by atoms with Gasteiger partial charge < -0.3 is 14.5 Å². The molecule has 0 atom stereocenters. The third-order valence-electron chi connectivity index (χ3n) is 3.58. The van der Waals surface area contributed by atoms with Crippen molar-refractivity contribution in [1.29, 1.82) is 0 Å². The van der Waals surface area contributed by atoms with Gasteiger partial charge >= 0.3 is 6.09 Å². The Hall–Kier alpha value is -2.48. The number of hydrogen-bond donors (Lipinski definition) is 0. The van der Waals surface area contributed by atoms with Crippen LogP contribution in [-0.2, 0) is 9.53 Å². The molecule has 1 aliphatic heterocycles. The SMILES string of the molecule is Cc1ccc(C#CC(=O)N2CCN(C(=O)OC(C)(C)C)CC2)cc1. The molecule has 0 radical (unpaired) electrons. The lowest BCUT2D eigenvalue weighted by Gasteiger charge is -2.34. The zero-order valence-corrected chi connectivity index (χ0v) is 14.8. The van der Waals surface area contributed by atoms with Crippen molar-refractivity contribution in [2.75, 3.05) is 26.2 Å². The molecule has 0 aliphatic carbocycles. The van der Waals surface area contributed by atoms with Crippen molar-refractivity contribution in [3.8, 4) is 11.8 Å². The third kappa shape index (κ3) is 5.31. The summed E-state index contributed by atoms with van der Waals surface area (Å²) in [5.41, 5.74) is 1.47. The van der Waals surface area contributed by atoms with Gasteiger partial charge in [-0.15, -0.1) is 0 Å². The van der Waals surface area contributed by atoms with Crippen molar-refractivity contribution in [3.05, 3.63) is 35.4 Å². The monoisotopic (exact) mass is 328 g/mol. The molecule has 0 unspecified atom stereocenters. The van der Waals surface area contributed by atoms with Crippen LogP contribution in [0.4, 0.5) is 4.79 Å². The number of aryl methyl sites for hydroxylation is 1. The maximum Gasteiger partial charge on any atom is 0.410 e. The summed E-state index contributed by atoms with van der Waals surface area (Å²) in [7, 11) is 0. The van der Waals surface area contributed by atoms with Crippen molar-refractivity contribution in [3.63, 3.8) is 0 Å². The van der Waals surface area contributed by atoms with Gasteiger partial charge in [0.2, 0.25) is 0 Å². The Morgan fingerprint density at radius 3 is 2.08 bits per heavy atom. The van der Waals surface area contributed by atoms with E-state index in [1.54, 1.807) is 9.80 Å². The largest absolute Gasteiger partial charge is 0.444 e. The van der Waals surface area contributed by atoms with E-state index in [1.165, 1.54) is 0 Å². The molecule has 0 spiro atoms. The molecule has 0 bridgehead atoms. The van der Waals surface area contributed by atoms with Gasteiger partial charge in [-0.1, -0.05) is 23.6 Å². The second-order valence-corrected chi connectivity index (χ2v) is 6.88. The van der Waals surface area contributed by atoms with Crippen LogP contribution in [0.15, 0.2) is 24.3 Å². The van der Waals surface area contributed by atoms with E-state index >= 15 is 0 Å². The number of carbonyl (C=O) groups is 2. The van der Waals surface area contributed by atoms with E-state index in [-0.39, 0.29) is 12.0 Å². The van der Waals surface area contributed by atoms with Gasteiger partial charge in [0.25, 0.3) is 5.91 Å². The minimum Gasteiger partial charge on any atom is -0.444 e. The maximum absolute atomic E-state index is 12.2. The van der Waals surface area contributed by atoms with E-state index < -0.39 is 5.60 Å². The van der Waals surface area contributed by atoms with E-state index in [4.69, 9.17) is 4.74 Å². The number of amides is 2. The lowest BCUT2D eigenvalue weighted by atomic mass is 10.1. The van der Waals surface area contributed by atoms with Crippen LogP contribution in [0.3, 0.4) is 0 Å². The van der Waals surface area contributed by atoms with Crippen LogP contribution in [0.2, 0.25) is 0 Å². The van der Waals surface area contributed by atoms with Crippen molar-refractivity contribution in [2.24, 2.45) is 0 Å². The van der Waals surface area contributed by atoms with Crippen LogP contribution < -0.4 is 0 Å². The predicted octanol–water partition coefficient (Wildman–Crippen LogP) is 2.43. The molecule has 0 aromatic heterocycles. The van der Waals surface area contributed by atoms with Crippen LogP contribution in [0.25, 0.3) is 0 Å². The van der Waals surface area contributed by atoms with Crippen molar-refractivity contribution in [2.45, 2.75) is 33.3 Å². The number of nitrogens with zero attached hydrogens (tertiary/aromatic N) is 2. The molecular weight excluding hydrogens is 304 g/mol. The quantitative estimate of drug-likeness (QED) is 0.687. The molecule has 1 aliphatic rings. The number of hydrogen-bond acceptors (Lipinski definition) is 3. The molecule has 1 aromatic carbocycles. The lowest BCUT2D eigenvalue weighted by Crippen LogP contribution is -2.51. The Labute approximate surface area is 143 Å². The van der Waals surface area contributed by atoms with Crippen LogP contribution in [0, 0.1) is 18.8 Å². The van der Waals surface area contributed by atoms with Gasteiger partial charge in [0.15, 0.2) is 0 Å². The molecule has 5 nitrogen and oxygen atoms in total. The van der Waals surface area contributed by atoms with Crippen LogP contribution in [0.5, 0.6) is 0 Å². The first-order valence-corrected chi connectivity index (χ1v) is 8.10. The highest BCUT2D eigenvalue weighted by Crippen LogP contribution is 2.12. The van der Waals surface area contributed by atoms with Gasteiger partial charge in [-0.25, -0.2) is 4.79 Å². The molecule has 5 heteroatoms. The lowest BCUT2D eigenvalue weighted by molar-refractivity contribution is -0.126. The standard InChI is InChI=1S/C19H24N2O3/c1-15-5-7-16(8-6-15)9-10-17(22)20-11-13-21(14-12-20)18(23)24-19(2,3)4/h5-8H,11-14H2,1-4H3. The number of rotatable bonds is 0. The average Bonchev–Trinajstić information content (AvgIpc) is 2.52. The zero-order valence-electron chi connectivity index (χ0n) is 14.8. The zero-order chi connectivity index (χ0) is 17.7. The number of piperazine rings is 1.